The van der Waals surface area contributed by atoms with E-state index in [1.54, 1.807) is 7.11 Å². The zero-order valence-corrected chi connectivity index (χ0v) is 14.4. The van der Waals surface area contributed by atoms with Crippen LogP contribution >= 0.6 is 15.9 Å². The summed E-state index contributed by atoms with van der Waals surface area (Å²) < 4.78 is 6.26. The van der Waals surface area contributed by atoms with Gasteiger partial charge in [0.05, 0.1) is 11.6 Å². The number of aryl methyl sites for hydroxylation is 1. The predicted molar refractivity (Wildman–Crippen MR) is 92.0 cm³/mol. The summed E-state index contributed by atoms with van der Waals surface area (Å²) >= 11 is 3.54. The molecule has 1 atom stereocenters. The van der Waals surface area contributed by atoms with Gasteiger partial charge in [0.1, 0.15) is 5.75 Å². The fourth-order valence-electron chi connectivity index (χ4n) is 2.38. The van der Waals surface area contributed by atoms with Crippen molar-refractivity contribution in [2.24, 2.45) is 0 Å². The zero-order chi connectivity index (χ0) is 15.2. The van der Waals surface area contributed by atoms with Gasteiger partial charge in [-0.05, 0) is 71.6 Å². The van der Waals surface area contributed by atoms with Crippen LogP contribution in [-0.2, 0) is 6.42 Å². The fraction of sp³-hybridized carbons (Fsp3) is 0.333. The largest absolute Gasteiger partial charge is 0.496 e. The Morgan fingerprint density at radius 2 is 1.95 bits per heavy atom. The first-order valence-corrected chi connectivity index (χ1v) is 8.02. The molecule has 2 aromatic carbocycles. The Morgan fingerprint density at radius 3 is 2.62 bits per heavy atom. The Kier molecular flexibility index (Phi) is 5.83. The molecular weight excluding hydrogens is 326 g/mol. The zero-order valence-electron chi connectivity index (χ0n) is 12.8. The lowest BCUT2D eigenvalue weighted by molar-refractivity contribution is 0.411. The SMILES string of the molecule is COc1ccc(C(C)NCCc2ccccc2C)cc1Br. The van der Waals surface area contributed by atoms with E-state index < -0.39 is 0 Å². The van der Waals surface area contributed by atoms with Crippen LogP contribution in [0.4, 0.5) is 0 Å². The number of ether oxygens (including phenoxy) is 1. The molecule has 0 aromatic heterocycles. The Balaban J connectivity index is 1.91. The molecule has 1 N–H and O–H groups in total. The highest BCUT2D eigenvalue weighted by Gasteiger charge is 2.08. The second kappa shape index (κ2) is 7.62. The van der Waals surface area contributed by atoms with Gasteiger partial charge in [-0.3, -0.25) is 0 Å². The highest BCUT2D eigenvalue weighted by molar-refractivity contribution is 9.10. The third-order valence-corrected chi connectivity index (χ3v) is 4.40. The standard InChI is InChI=1S/C18H22BrNO/c1-13-6-4-5-7-15(13)10-11-20-14(2)16-8-9-18(21-3)17(19)12-16/h4-9,12,14,20H,10-11H2,1-3H3. The molecule has 0 aliphatic carbocycles. The molecule has 0 radical (unpaired) electrons. The molecule has 0 heterocycles. The van der Waals surface area contributed by atoms with E-state index >= 15 is 0 Å². The van der Waals surface area contributed by atoms with Gasteiger partial charge < -0.3 is 10.1 Å². The summed E-state index contributed by atoms with van der Waals surface area (Å²) in [6, 6.07) is 15.1. The number of halogens is 1. The van der Waals surface area contributed by atoms with Crippen molar-refractivity contribution < 1.29 is 4.74 Å². The van der Waals surface area contributed by atoms with Crippen LogP contribution in [0.3, 0.4) is 0 Å². The van der Waals surface area contributed by atoms with Crippen molar-refractivity contribution >= 4 is 15.9 Å². The van der Waals surface area contributed by atoms with Crippen LogP contribution in [0.25, 0.3) is 0 Å². The van der Waals surface area contributed by atoms with Gasteiger partial charge in [0.25, 0.3) is 0 Å². The predicted octanol–water partition coefficient (Wildman–Crippen LogP) is 4.66. The molecule has 0 aliphatic heterocycles. The topological polar surface area (TPSA) is 21.3 Å². The van der Waals surface area contributed by atoms with Gasteiger partial charge in [-0.25, -0.2) is 0 Å². The minimum atomic E-state index is 0.316. The van der Waals surface area contributed by atoms with Crippen LogP contribution < -0.4 is 10.1 Å². The maximum atomic E-state index is 5.26. The molecule has 0 amide bonds. The maximum Gasteiger partial charge on any atom is 0.133 e. The molecule has 0 spiro atoms. The summed E-state index contributed by atoms with van der Waals surface area (Å²) in [5.41, 5.74) is 4.03. The van der Waals surface area contributed by atoms with E-state index in [0.717, 1.165) is 23.2 Å². The van der Waals surface area contributed by atoms with Crippen molar-refractivity contribution in [3.63, 3.8) is 0 Å². The fourth-order valence-corrected chi connectivity index (χ4v) is 2.94. The molecule has 3 heteroatoms. The third-order valence-electron chi connectivity index (χ3n) is 3.78. The van der Waals surface area contributed by atoms with Gasteiger partial charge in [-0.1, -0.05) is 30.3 Å². The van der Waals surface area contributed by atoms with E-state index in [4.69, 9.17) is 4.74 Å². The molecule has 0 fully saturated rings. The van der Waals surface area contributed by atoms with Crippen LogP contribution in [0.2, 0.25) is 0 Å². The quantitative estimate of drug-likeness (QED) is 0.820. The molecule has 1 unspecified atom stereocenters. The molecule has 2 aromatic rings. The minimum absolute atomic E-state index is 0.316. The summed E-state index contributed by atoms with van der Waals surface area (Å²) in [6.45, 7) is 5.32. The molecule has 0 aliphatic rings. The molecule has 0 saturated carbocycles. The lowest BCUT2D eigenvalue weighted by Gasteiger charge is -2.16. The third kappa shape index (κ3) is 4.32. The van der Waals surface area contributed by atoms with E-state index in [-0.39, 0.29) is 0 Å². The van der Waals surface area contributed by atoms with Crippen molar-refractivity contribution in [1.29, 1.82) is 0 Å². The van der Waals surface area contributed by atoms with Crippen molar-refractivity contribution in [3.05, 3.63) is 63.6 Å². The van der Waals surface area contributed by atoms with Gasteiger partial charge in [0, 0.05) is 6.04 Å². The van der Waals surface area contributed by atoms with Gasteiger partial charge in [-0.15, -0.1) is 0 Å². The number of methoxy groups -OCH3 is 1. The van der Waals surface area contributed by atoms with E-state index in [2.05, 4.69) is 71.5 Å². The van der Waals surface area contributed by atoms with E-state index in [1.165, 1.54) is 16.7 Å². The number of hydrogen-bond acceptors (Lipinski definition) is 2. The highest BCUT2D eigenvalue weighted by Crippen LogP contribution is 2.27. The monoisotopic (exact) mass is 347 g/mol. The maximum absolute atomic E-state index is 5.26. The summed E-state index contributed by atoms with van der Waals surface area (Å²) in [5, 5.41) is 3.58. The van der Waals surface area contributed by atoms with Gasteiger partial charge >= 0.3 is 0 Å². The molecule has 0 bridgehead atoms. The number of benzene rings is 2. The highest BCUT2D eigenvalue weighted by atomic mass is 79.9. The number of rotatable bonds is 6. The first kappa shape index (κ1) is 16.1. The van der Waals surface area contributed by atoms with Crippen molar-refractivity contribution in [2.75, 3.05) is 13.7 Å². The Morgan fingerprint density at radius 1 is 1.19 bits per heavy atom. The van der Waals surface area contributed by atoms with Crippen molar-refractivity contribution in [1.82, 2.24) is 5.32 Å². The van der Waals surface area contributed by atoms with Crippen LogP contribution in [0.15, 0.2) is 46.9 Å². The Labute approximate surface area is 135 Å². The first-order chi connectivity index (χ1) is 10.1. The average molecular weight is 348 g/mol. The second-order valence-corrected chi connectivity index (χ2v) is 6.10. The van der Waals surface area contributed by atoms with Crippen LogP contribution in [0, 0.1) is 6.92 Å². The summed E-state index contributed by atoms with van der Waals surface area (Å²) in [6.07, 6.45) is 1.05. The molecule has 2 rings (SSSR count). The van der Waals surface area contributed by atoms with E-state index in [0.29, 0.717) is 6.04 Å². The number of nitrogens with one attached hydrogen (secondary N) is 1. The Bertz CT molecular complexity index is 598. The first-order valence-electron chi connectivity index (χ1n) is 7.23. The molecule has 112 valence electrons. The summed E-state index contributed by atoms with van der Waals surface area (Å²) in [4.78, 5) is 0. The number of hydrogen-bond donors (Lipinski definition) is 1. The summed E-state index contributed by atoms with van der Waals surface area (Å²) in [7, 11) is 1.68. The Hall–Kier alpha value is -1.32. The van der Waals surface area contributed by atoms with Crippen molar-refractivity contribution in [2.45, 2.75) is 26.3 Å². The molecule has 21 heavy (non-hydrogen) atoms. The normalized spacial score (nSPS) is 12.2. The smallest absolute Gasteiger partial charge is 0.133 e. The average Bonchev–Trinajstić information content (AvgIpc) is 2.49. The minimum Gasteiger partial charge on any atom is -0.496 e. The van der Waals surface area contributed by atoms with Gasteiger partial charge in [0.2, 0.25) is 0 Å². The van der Waals surface area contributed by atoms with Crippen LogP contribution in [0.5, 0.6) is 5.75 Å². The van der Waals surface area contributed by atoms with Crippen molar-refractivity contribution in [3.8, 4) is 5.75 Å². The molecule has 0 saturated heterocycles. The summed E-state index contributed by atoms with van der Waals surface area (Å²) in [5.74, 6) is 0.867. The van der Waals surface area contributed by atoms with Gasteiger partial charge in [-0.2, -0.15) is 0 Å². The van der Waals surface area contributed by atoms with Crippen LogP contribution in [-0.4, -0.2) is 13.7 Å². The van der Waals surface area contributed by atoms with Crippen LogP contribution in [0.1, 0.15) is 29.7 Å². The molecule has 2 nitrogen and oxygen atoms in total. The lowest BCUT2D eigenvalue weighted by Crippen LogP contribution is -2.21. The van der Waals surface area contributed by atoms with E-state index in [9.17, 15) is 0 Å². The lowest BCUT2D eigenvalue weighted by atomic mass is 10.0. The molecular formula is C18H22BrNO. The second-order valence-electron chi connectivity index (χ2n) is 5.25. The van der Waals surface area contributed by atoms with E-state index in [1.807, 2.05) is 6.07 Å². The van der Waals surface area contributed by atoms with Gasteiger partial charge in [0.15, 0.2) is 0 Å².